The number of nitrogens with one attached hydrogen (secondary N) is 1. The molecule has 0 aliphatic carbocycles. The fourth-order valence-electron chi connectivity index (χ4n) is 2.94. The van der Waals surface area contributed by atoms with E-state index in [0.717, 1.165) is 5.56 Å². The lowest BCUT2D eigenvalue weighted by Crippen LogP contribution is -2.50. The van der Waals surface area contributed by atoms with Gasteiger partial charge in [0.2, 0.25) is 5.91 Å². The molecule has 1 fully saturated rings. The van der Waals surface area contributed by atoms with Crippen LogP contribution in [0.4, 0.5) is 5.13 Å². The number of likely N-dealkylation sites (tertiary alicyclic amines) is 1. The maximum atomic E-state index is 12.3. The molecule has 2 aromatic heterocycles. The van der Waals surface area contributed by atoms with E-state index < -0.39 is 5.60 Å². The minimum absolute atomic E-state index is 0.0659. The SMILES string of the molecule is Cc1ccc(C2(O)CCN([C@@H](C)C(=O)Nc3nccs3)CC2)nc1. The molecule has 24 heavy (non-hydrogen) atoms. The van der Waals surface area contributed by atoms with Gasteiger partial charge in [0.1, 0.15) is 5.60 Å². The van der Waals surface area contributed by atoms with Crippen molar-refractivity contribution in [1.82, 2.24) is 14.9 Å². The van der Waals surface area contributed by atoms with Crippen LogP contribution in [0.5, 0.6) is 0 Å². The average molecular weight is 346 g/mol. The van der Waals surface area contributed by atoms with Gasteiger partial charge in [0.15, 0.2) is 5.13 Å². The van der Waals surface area contributed by atoms with E-state index in [2.05, 4.69) is 20.2 Å². The molecular weight excluding hydrogens is 324 g/mol. The number of rotatable bonds is 4. The fourth-order valence-corrected chi connectivity index (χ4v) is 3.47. The number of pyridine rings is 1. The lowest BCUT2D eigenvalue weighted by Gasteiger charge is -2.39. The predicted molar refractivity (Wildman–Crippen MR) is 93.9 cm³/mol. The van der Waals surface area contributed by atoms with Crippen LogP contribution in [0.15, 0.2) is 29.9 Å². The number of hydrogen-bond donors (Lipinski definition) is 2. The Morgan fingerprint density at radius 3 is 2.71 bits per heavy atom. The molecular formula is C17H22N4O2S. The molecule has 1 amide bonds. The summed E-state index contributed by atoms with van der Waals surface area (Å²) in [5.41, 5.74) is 0.885. The van der Waals surface area contributed by atoms with Gasteiger partial charge in [0.25, 0.3) is 0 Å². The summed E-state index contributed by atoms with van der Waals surface area (Å²) in [5, 5.41) is 16.2. The molecule has 128 valence electrons. The second-order valence-electron chi connectivity index (χ2n) is 6.29. The van der Waals surface area contributed by atoms with Crippen LogP contribution in [0, 0.1) is 6.92 Å². The zero-order valence-corrected chi connectivity index (χ0v) is 14.7. The third-order valence-electron chi connectivity index (χ3n) is 4.60. The summed E-state index contributed by atoms with van der Waals surface area (Å²) in [4.78, 5) is 22.9. The molecule has 0 spiro atoms. The first-order valence-electron chi connectivity index (χ1n) is 8.08. The first kappa shape index (κ1) is 17.0. The lowest BCUT2D eigenvalue weighted by atomic mass is 9.87. The van der Waals surface area contributed by atoms with Crippen molar-refractivity contribution in [2.75, 3.05) is 18.4 Å². The zero-order valence-electron chi connectivity index (χ0n) is 13.9. The van der Waals surface area contributed by atoms with Crippen LogP contribution < -0.4 is 5.32 Å². The predicted octanol–water partition coefficient (Wildman–Crippen LogP) is 2.16. The van der Waals surface area contributed by atoms with Crippen LogP contribution in [-0.4, -0.2) is 45.0 Å². The number of anilines is 1. The number of aliphatic hydroxyl groups is 1. The third kappa shape index (κ3) is 3.63. The Bertz CT molecular complexity index is 679. The molecule has 0 aromatic carbocycles. The van der Waals surface area contributed by atoms with Gasteiger partial charge < -0.3 is 10.4 Å². The molecule has 6 nitrogen and oxygen atoms in total. The monoisotopic (exact) mass is 346 g/mol. The maximum Gasteiger partial charge on any atom is 0.243 e. The molecule has 7 heteroatoms. The van der Waals surface area contributed by atoms with Crippen LogP contribution in [0.1, 0.15) is 31.0 Å². The highest BCUT2D eigenvalue weighted by Crippen LogP contribution is 2.32. The van der Waals surface area contributed by atoms with Gasteiger partial charge in [0, 0.05) is 30.9 Å². The summed E-state index contributed by atoms with van der Waals surface area (Å²) in [6.45, 7) is 5.17. The minimum atomic E-state index is -0.907. The van der Waals surface area contributed by atoms with Crippen molar-refractivity contribution in [2.45, 2.75) is 38.3 Å². The summed E-state index contributed by atoms with van der Waals surface area (Å²) in [7, 11) is 0. The number of aryl methyl sites for hydroxylation is 1. The standard InChI is InChI=1S/C17H22N4O2S/c1-12-3-4-14(19-11-12)17(23)5-8-21(9-6-17)13(2)15(22)20-16-18-7-10-24-16/h3-4,7,10-11,13,23H,5-6,8-9H2,1-2H3,(H,18,20,22)/t13-/m0/s1. The summed E-state index contributed by atoms with van der Waals surface area (Å²) >= 11 is 1.40. The van der Waals surface area contributed by atoms with Crippen LogP contribution in [0.25, 0.3) is 0 Å². The van der Waals surface area contributed by atoms with Crippen molar-refractivity contribution >= 4 is 22.4 Å². The lowest BCUT2D eigenvalue weighted by molar-refractivity contribution is -0.123. The van der Waals surface area contributed by atoms with E-state index >= 15 is 0 Å². The number of carbonyl (C=O) groups excluding carboxylic acids is 1. The van der Waals surface area contributed by atoms with Crippen LogP contribution in [0.3, 0.4) is 0 Å². The first-order chi connectivity index (χ1) is 11.5. The van der Waals surface area contributed by atoms with Crippen molar-refractivity contribution in [3.05, 3.63) is 41.2 Å². The van der Waals surface area contributed by atoms with E-state index in [1.54, 1.807) is 12.4 Å². The Labute approximate surface area is 145 Å². The van der Waals surface area contributed by atoms with Gasteiger partial charge in [0.05, 0.1) is 11.7 Å². The summed E-state index contributed by atoms with van der Waals surface area (Å²) in [6.07, 6.45) is 4.58. The van der Waals surface area contributed by atoms with E-state index in [-0.39, 0.29) is 11.9 Å². The van der Waals surface area contributed by atoms with Gasteiger partial charge >= 0.3 is 0 Å². The van der Waals surface area contributed by atoms with Crippen LogP contribution in [0.2, 0.25) is 0 Å². The fraction of sp³-hybridized carbons (Fsp3) is 0.471. The zero-order chi connectivity index (χ0) is 17.2. The molecule has 0 saturated carbocycles. The third-order valence-corrected chi connectivity index (χ3v) is 5.29. The highest BCUT2D eigenvalue weighted by molar-refractivity contribution is 7.13. The van der Waals surface area contributed by atoms with Gasteiger partial charge in [-0.15, -0.1) is 11.3 Å². The molecule has 0 radical (unpaired) electrons. The molecule has 1 saturated heterocycles. The number of amides is 1. The molecule has 2 N–H and O–H groups in total. The molecule has 1 atom stereocenters. The highest BCUT2D eigenvalue weighted by Gasteiger charge is 2.37. The highest BCUT2D eigenvalue weighted by atomic mass is 32.1. The number of thiazole rings is 1. The Kier molecular flexibility index (Phi) is 4.93. The van der Waals surface area contributed by atoms with E-state index in [1.165, 1.54) is 11.3 Å². The second kappa shape index (κ2) is 6.96. The minimum Gasteiger partial charge on any atom is -0.383 e. The number of piperidine rings is 1. The van der Waals surface area contributed by atoms with Crippen molar-refractivity contribution in [2.24, 2.45) is 0 Å². The van der Waals surface area contributed by atoms with Crippen LogP contribution in [-0.2, 0) is 10.4 Å². The van der Waals surface area contributed by atoms with E-state index in [4.69, 9.17) is 0 Å². The van der Waals surface area contributed by atoms with Crippen molar-refractivity contribution in [3.63, 3.8) is 0 Å². The number of carbonyl (C=O) groups is 1. The van der Waals surface area contributed by atoms with E-state index in [0.29, 0.717) is 36.8 Å². The Balaban J connectivity index is 1.59. The molecule has 1 aliphatic heterocycles. The molecule has 2 aromatic rings. The second-order valence-corrected chi connectivity index (χ2v) is 7.19. The number of aromatic nitrogens is 2. The summed E-state index contributed by atoms with van der Waals surface area (Å²) < 4.78 is 0. The smallest absolute Gasteiger partial charge is 0.243 e. The van der Waals surface area contributed by atoms with Crippen molar-refractivity contribution in [3.8, 4) is 0 Å². The Morgan fingerprint density at radius 1 is 1.38 bits per heavy atom. The van der Waals surface area contributed by atoms with Gasteiger partial charge in [-0.3, -0.25) is 14.7 Å². The molecule has 1 aliphatic rings. The largest absolute Gasteiger partial charge is 0.383 e. The van der Waals surface area contributed by atoms with Gasteiger partial charge in [-0.1, -0.05) is 6.07 Å². The molecule has 3 rings (SSSR count). The summed E-state index contributed by atoms with van der Waals surface area (Å²) in [5.74, 6) is -0.0659. The number of hydrogen-bond acceptors (Lipinski definition) is 6. The quantitative estimate of drug-likeness (QED) is 0.887. The van der Waals surface area contributed by atoms with Crippen molar-refractivity contribution in [1.29, 1.82) is 0 Å². The van der Waals surface area contributed by atoms with Crippen molar-refractivity contribution < 1.29 is 9.90 Å². The molecule has 0 bridgehead atoms. The van der Waals surface area contributed by atoms with Crippen LogP contribution >= 0.6 is 11.3 Å². The normalized spacial score (nSPS) is 19.0. The molecule has 3 heterocycles. The van der Waals surface area contributed by atoms with E-state index in [9.17, 15) is 9.90 Å². The Morgan fingerprint density at radius 2 is 2.12 bits per heavy atom. The van der Waals surface area contributed by atoms with Gasteiger partial charge in [-0.05, 0) is 38.3 Å². The Hall–Kier alpha value is -1.83. The van der Waals surface area contributed by atoms with Gasteiger partial charge in [-0.2, -0.15) is 0 Å². The first-order valence-corrected chi connectivity index (χ1v) is 8.96. The maximum absolute atomic E-state index is 12.3. The summed E-state index contributed by atoms with van der Waals surface area (Å²) in [6, 6.07) is 3.60. The van der Waals surface area contributed by atoms with Gasteiger partial charge in [-0.25, -0.2) is 4.98 Å². The number of nitrogens with zero attached hydrogens (tertiary/aromatic N) is 3. The van der Waals surface area contributed by atoms with E-state index in [1.807, 2.05) is 31.4 Å². The average Bonchev–Trinajstić information content (AvgIpc) is 3.08. The molecule has 0 unspecified atom stereocenters. The topological polar surface area (TPSA) is 78.4 Å².